The van der Waals surface area contributed by atoms with Crippen LogP contribution in [-0.2, 0) is 0 Å². The molecule has 1 aromatic rings. The van der Waals surface area contributed by atoms with Crippen LogP contribution < -0.4 is 9.80 Å². The molecular weight excluding hydrogens is 224 g/mol. The van der Waals surface area contributed by atoms with E-state index < -0.39 is 0 Å². The Morgan fingerprint density at radius 3 is 2.81 bits per heavy atom. The molecule has 0 unspecified atom stereocenters. The summed E-state index contributed by atoms with van der Waals surface area (Å²) in [7, 11) is 0. The third-order valence-electron chi connectivity index (χ3n) is 2.75. The van der Waals surface area contributed by atoms with Crippen LogP contribution in [0.25, 0.3) is 0 Å². The van der Waals surface area contributed by atoms with Gasteiger partial charge in [0.1, 0.15) is 6.54 Å². The van der Waals surface area contributed by atoms with Crippen molar-refractivity contribution in [3.8, 4) is 6.07 Å². The molecule has 0 atom stereocenters. The van der Waals surface area contributed by atoms with Gasteiger partial charge in [-0.1, -0.05) is 12.1 Å². The Morgan fingerprint density at radius 1 is 1.31 bits per heavy atom. The van der Waals surface area contributed by atoms with Crippen LogP contribution in [0.15, 0.2) is 29.3 Å². The molecule has 0 aromatic heterocycles. The first kappa shape index (κ1) is 10.8. The van der Waals surface area contributed by atoms with Gasteiger partial charge in [-0.25, -0.2) is 0 Å². The van der Waals surface area contributed by atoms with E-state index in [1.807, 2.05) is 23.1 Å². The minimum Gasteiger partial charge on any atom is -0.308 e. The van der Waals surface area contributed by atoms with Gasteiger partial charge < -0.3 is 4.90 Å². The highest BCUT2D eigenvalue weighted by Crippen LogP contribution is 2.37. The van der Waals surface area contributed by atoms with E-state index in [1.54, 1.807) is 0 Å². The number of para-hydroxylation sites is 2. The number of guanidine groups is 1. The van der Waals surface area contributed by atoms with Crippen LogP contribution in [0, 0.1) is 11.3 Å². The first-order valence-electron chi connectivity index (χ1n) is 4.97. The topological polar surface area (TPSA) is 42.6 Å². The average Bonchev–Trinajstić information content (AvgIpc) is 2.82. The molecule has 0 aliphatic carbocycles. The Morgan fingerprint density at radius 2 is 2.06 bits per heavy atom. The summed E-state index contributed by atoms with van der Waals surface area (Å²) < 4.78 is 0. The zero-order valence-corrected chi connectivity index (χ0v) is 9.44. The molecule has 0 saturated heterocycles. The predicted octanol–water partition coefficient (Wildman–Crippen LogP) is 1.63. The second kappa shape index (κ2) is 4.03. The molecule has 0 saturated carbocycles. The van der Waals surface area contributed by atoms with Gasteiger partial charge in [0.05, 0.1) is 24.0 Å². The lowest BCUT2D eigenvalue weighted by atomic mass is 10.2. The van der Waals surface area contributed by atoms with Crippen molar-refractivity contribution in [2.24, 2.45) is 4.99 Å². The van der Waals surface area contributed by atoms with E-state index in [-0.39, 0.29) is 12.4 Å². The van der Waals surface area contributed by atoms with Crippen molar-refractivity contribution in [2.45, 2.75) is 0 Å². The molecule has 16 heavy (non-hydrogen) atoms. The van der Waals surface area contributed by atoms with Crippen molar-refractivity contribution >= 4 is 29.7 Å². The molecule has 0 fully saturated rings. The highest BCUT2D eigenvalue weighted by Gasteiger charge is 2.34. The van der Waals surface area contributed by atoms with Gasteiger partial charge in [-0.15, -0.1) is 12.4 Å². The van der Waals surface area contributed by atoms with Gasteiger partial charge in [0.25, 0.3) is 0 Å². The predicted molar refractivity (Wildman–Crippen MR) is 66.3 cm³/mol. The Balaban J connectivity index is 0.000000963. The number of nitriles is 1. The van der Waals surface area contributed by atoms with Crippen molar-refractivity contribution in [2.75, 3.05) is 29.4 Å². The summed E-state index contributed by atoms with van der Waals surface area (Å²) in [6.07, 6.45) is 0. The number of rotatable bonds is 1. The molecule has 2 aliphatic rings. The first-order valence-corrected chi connectivity index (χ1v) is 4.97. The van der Waals surface area contributed by atoms with Gasteiger partial charge >= 0.3 is 0 Å². The summed E-state index contributed by atoms with van der Waals surface area (Å²) >= 11 is 0. The molecule has 0 radical (unpaired) electrons. The first-order chi connectivity index (χ1) is 7.42. The maximum Gasteiger partial charge on any atom is 0.206 e. The summed E-state index contributed by atoms with van der Waals surface area (Å²) in [6, 6.07) is 10.3. The molecule has 0 bridgehead atoms. The number of aliphatic imine (C=N–C) groups is 1. The third-order valence-corrected chi connectivity index (χ3v) is 2.75. The van der Waals surface area contributed by atoms with Crippen LogP contribution in [0.2, 0.25) is 0 Å². The lowest BCUT2D eigenvalue weighted by molar-refractivity contribution is 1.03. The van der Waals surface area contributed by atoms with Gasteiger partial charge in [0.2, 0.25) is 5.96 Å². The van der Waals surface area contributed by atoms with Gasteiger partial charge in [0, 0.05) is 6.54 Å². The molecule has 82 valence electrons. The van der Waals surface area contributed by atoms with Crippen molar-refractivity contribution < 1.29 is 0 Å². The second-order valence-electron chi connectivity index (χ2n) is 3.57. The quantitative estimate of drug-likeness (QED) is 0.694. The number of halogens is 1. The molecule has 2 aliphatic heterocycles. The number of anilines is 2. The smallest absolute Gasteiger partial charge is 0.206 e. The van der Waals surface area contributed by atoms with Crippen LogP contribution in [0.5, 0.6) is 0 Å². The van der Waals surface area contributed by atoms with E-state index >= 15 is 0 Å². The molecule has 4 nitrogen and oxygen atoms in total. The standard InChI is InChI=1S/C11H10N4.ClH/c12-5-7-14-9-3-1-2-4-10(9)15-8-6-13-11(14)15;/h1-4H,6-8H2;1H. The number of fused-ring (bicyclic) bond motifs is 3. The minimum atomic E-state index is 0. The van der Waals surface area contributed by atoms with Crippen LogP contribution >= 0.6 is 12.4 Å². The summed E-state index contributed by atoms with van der Waals surface area (Å²) in [5.74, 6) is 0.928. The second-order valence-corrected chi connectivity index (χ2v) is 3.57. The van der Waals surface area contributed by atoms with Crippen LogP contribution in [0.3, 0.4) is 0 Å². The maximum atomic E-state index is 8.81. The summed E-state index contributed by atoms with van der Waals surface area (Å²) in [5, 5.41) is 8.81. The lowest BCUT2D eigenvalue weighted by Gasteiger charge is -2.15. The number of hydrogen-bond donors (Lipinski definition) is 0. The third kappa shape index (κ3) is 1.33. The molecule has 1 aromatic carbocycles. The van der Waals surface area contributed by atoms with Crippen molar-refractivity contribution in [1.82, 2.24) is 0 Å². The van der Waals surface area contributed by atoms with E-state index in [4.69, 9.17) is 5.26 Å². The Bertz CT molecular complexity index is 477. The minimum absolute atomic E-state index is 0. The average molecular weight is 235 g/mol. The number of hydrogen-bond acceptors (Lipinski definition) is 4. The summed E-state index contributed by atoms with van der Waals surface area (Å²) in [5.41, 5.74) is 2.27. The van der Waals surface area contributed by atoms with Crippen molar-refractivity contribution in [1.29, 1.82) is 5.26 Å². The van der Waals surface area contributed by atoms with Crippen molar-refractivity contribution in [3.63, 3.8) is 0 Å². The summed E-state index contributed by atoms with van der Waals surface area (Å²) in [4.78, 5) is 8.58. The zero-order valence-electron chi connectivity index (χ0n) is 8.63. The van der Waals surface area contributed by atoms with Gasteiger partial charge in [-0.2, -0.15) is 5.26 Å². The monoisotopic (exact) mass is 234 g/mol. The van der Waals surface area contributed by atoms with Crippen molar-refractivity contribution in [3.05, 3.63) is 24.3 Å². The molecule has 0 N–H and O–H groups in total. The van der Waals surface area contributed by atoms with Crippen LogP contribution in [0.1, 0.15) is 0 Å². The fraction of sp³-hybridized carbons (Fsp3) is 0.273. The summed E-state index contributed by atoms with van der Waals surface area (Å²) in [6.45, 7) is 2.12. The number of benzene rings is 1. The molecule has 5 heteroatoms. The van der Waals surface area contributed by atoms with E-state index in [1.165, 1.54) is 5.69 Å². The Kier molecular flexibility index (Phi) is 2.71. The lowest BCUT2D eigenvalue weighted by Crippen LogP contribution is -2.35. The van der Waals surface area contributed by atoms with Crippen LogP contribution in [0.4, 0.5) is 11.4 Å². The van der Waals surface area contributed by atoms with E-state index in [0.717, 1.165) is 24.7 Å². The SMILES string of the molecule is Cl.N#CCN1C2=NCCN2c2ccccc21. The van der Waals surface area contributed by atoms with E-state index in [9.17, 15) is 0 Å². The van der Waals surface area contributed by atoms with Gasteiger partial charge in [0.15, 0.2) is 0 Å². The van der Waals surface area contributed by atoms with Crippen LogP contribution in [-0.4, -0.2) is 25.6 Å². The Hall–Kier alpha value is -1.73. The molecular formula is C11H11ClN4. The van der Waals surface area contributed by atoms with Gasteiger partial charge in [-0.05, 0) is 12.1 Å². The fourth-order valence-electron chi connectivity index (χ4n) is 2.15. The number of nitrogens with zero attached hydrogens (tertiary/aromatic N) is 4. The maximum absolute atomic E-state index is 8.81. The fourth-order valence-corrected chi connectivity index (χ4v) is 2.15. The zero-order chi connectivity index (χ0) is 10.3. The molecule has 0 spiro atoms. The largest absolute Gasteiger partial charge is 0.308 e. The van der Waals surface area contributed by atoms with E-state index in [2.05, 4.69) is 22.0 Å². The molecule has 2 heterocycles. The normalized spacial score (nSPS) is 16.1. The van der Waals surface area contributed by atoms with E-state index in [0.29, 0.717) is 6.54 Å². The Labute approximate surface area is 100 Å². The van der Waals surface area contributed by atoms with Gasteiger partial charge in [-0.3, -0.25) is 9.89 Å². The molecule has 0 amide bonds. The molecule has 3 rings (SSSR count). The highest BCUT2D eigenvalue weighted by molar-refractivity contribution is 6.17. The highest BCUT2D eigenvalue weighted by atomic mass is 35.5.